The van der Waals surface area contributed by atoms with Crippen LogP contribution in [0.1, 0.15) is 27.3 Å². The molecule has 0 fully saturated rings. The quantitative estimate of drug-likeness (QED) is 0.685. The van der Waals surface area contributed by atoms with Gasteiger partial charge < -0.3 is 0 Å². The number of aryl methyl sites for hydroxylation is 2. The second-order valence-corrected chi connectivity index (χ2v) is 5.85. The van der Waals surface area contributed by atoms with E-state index >= 15 is 0 Å². The highest BCUT2D eigenvalue weighted by Crippen LogP contribution is 2.24. The van der Waals surface area contributed by atoms with Crippen LogP contribution in [-0.2, 0) is 13.5 Å². The van der Waals surface area contributed by atoms with Crippen LogP contribution in [-0.4, -0.2) is 21.1 Å². The van der Waals surface area contributed by atoms with Gasteiger partial charge in [0.15, 0.2) is 6.29 Å². The molecule has 1 aromatic carbocycles. The molecule has 0 saturated heterocycles. The molecule has 4 nitrogen and oxygen atoms in total. The highest BCUT2D eigenvalue weighted by Gasteiger charge is 2.09. The Balaban J connectivity index is 1.86. The SMILES string of the molecule is Cc1nc(C=O)cc(Cc2ccc(-c3ccn(C)n3)cc2)c1Cl. The van der Waals surface area contributed by atoms with Gasteiger partial charge in [0.2, 0.25) is 0 Å². The lowest BCUT2D eigenvalue weighted by atomic mass is 10.0. The summed E-state index contributed by atoms with van der Waals surface area (Å²) in [6, 6.07) is 11.9. The van der Waals surface area contributed by atoms with E-state index < -0.39 is 0 Å². The molecular formula is C18H16ClN3O. The van der Waals surface area contributed by atoms with Crippen LogP contribution in [0.15, 0.2) is 42.6 Å². The molecule has 0 unspecified atom stereocenters. The second kappa shape index (κ2) is 6.34. The van der Waals surface area contributed by atoms with Gasteiger partial charge in [-0.25, -0.2) is 4.98 Å². The minimum atomic E-state index is 0.409. The molecule has 2 heterocycles. The molecule has 0 aliphatic carbocycles. The first kappa shape index (κ1) is 15.4. The van der Waals surface area contributed by atoms with Gasteiger partial charge in [-0.3, -0.25) is 9.48 Å². The van der Waals surface area contributed by atoms with Crippen LogP contribution >= 0.6 is 11.6 Å². The third-order valence-electron chi connectivity index (χ3n) is 3.70. The number of hydrogen-bond acceptors (Lipinski definition) is 3. The van der Waals surface area contributed by atoms with Crippen molar-refractivity contribution in [1.29, 1.82) is 0 Å². The fourth-order valence-corrected chi connectivity index (χ4v) is 2.68. The van der Waals surface area contributed by atoms with Crippen molar-refractivity contribution in [1.82, 2.24) is 14.8 Å². The number of carbonyl (C=O) groups excluding carboxylic acids is 1. The Labute approximate surface area is 139 Å². The summed E-state index contributed by atoms with van der Waals surface area (Å²) in [4.78, 5) is 15.1. The number of pyridine rings is 1. The van der Waals surface area contributed by atoms with Crippen molar-refractivity contribution in [2.45, 2.75) is 13.3 Å². The van der Waals surface area contributed by atoms with Gasteiger partial charge in [-0.2, -0.15) is 5.10 Å². The van der Waals surface area contributed by atoms with Gasteiger partial charge in [-0.05, 0) is 36.6 Å². The van der Waals surface area contributed by atoms with Crippen molar-refractivity contribution in [2.75, 3.05) is 0 Å². The largest absolute Gasteiger partial charge is 0.296 e. The van der Waals surface area contributed by atoms with Crippen LogP contribution in [0.25, 0.3) is 11.3 Å². The third-order valence-corrected chi connectivity index (χ3v) is 4.21. The third kappa shape index (κ3) is 3.32. The molecule has 0 amide bonds. The molecule has 0 aliphatic rings. The Hall–Kier alpha value is -2.46. The molecule has 3 aromatic rings. The highest BCUT2D eigenvalue weighted by atomic mass is 35.5. The van der Waals surface area contributed by atoms with Gasteiger partial charge in [0.05, 0.1) is 16.4 Å². The Morgan fingerprint density at radius 1 is 1.22 bits per heavy atom. The summed E-state index contributed by atoms with van der Waals surface area (Å²) in [7, 11) is 1.90. The Bertz CT molecular complexity index is 853. The van der Waals surface area contributed by atoms with Gasteiger partial charge in [-0.1, -0.05) is 35.9 Å². The second-order valence-electron chi connectivity index (χ2n) is 5.47. The maximum atomic E-state index is 11.0. The topological polar surface area (TPSA) is 47.8 Å². The number of rotatable bonds is 4. The predicted molar refractivity (Wildman–Crippen MR) is 90.8 cm³/mol. The minimum absolute atomic E-state index is 0.409. The van der Waals surface area contributed by atoms with Crippen LogP contribution in [0.3, 0.4) is 0 Å². The first-order valence-corrected chi connectivity index (χ1v) is 7.65. The van der Waals surface area contributed by atoms with E-state index in [4.69, 9.17) is 11.6 Å². The molecular weight excluding hydrogens is 310 g/mol. The number of benzene rings is 1. The molecule has 0 N–H and O–H groups in total. The summed E-state index contributed by atoms with van der Waals surface area (Å²) in [6.07, 6.45) is 3.33. The van der Waals surface area contributed by atoms with E-state index in [2.05, 4.69) is 22.2 Å². The standard InChI is InChI=1S/C18H16ClN3O/c1-12-18(19)15(10-16(11-23)20-12)9-13-3-5-14(6-4-13)17-7-8-22(2)21-17/h3-8,10-11H,9H2,1-2H3. The van der Waals surface area contributed by atoms with Gasteiger partial charge in [0.25, 0.3) is 0 Å². The van der Waals surface area contributed by atoms with E-state index in [9.17, 15) is 4.79 Å². The molecule has 0 atom stereocenters. The molecule has 2 aromatic heterocycles. The molecule has 0 saturated carbocycles. The van der Waals surface area contributed by atoms with Crippen LogP contribution in [0.4, 0.5) is 0 Å². The number of nitrogens with zero attached hydrogens (tertiary/aromatic N) is 3. The highest BCUT2D eigenvalue weighted by molar-refractivity contribution is 6.32. The van der Waals surface area contributed by atoms with E-state index in [1.807, 2.05) is 38.4 Å². The maximum absolute atomic E-state index is 11.0. The molecule has 0 radical (unpaired) electrons. The van der Waals surface area contributed by atoms with Crippen molar-refractivity contribution in [3.05, 3.63) is 70.1 Å². The Morgan fingerprint density at radius 3 is 2.57 bits per heavy atom. The molecule has 116 valence electrons. The number of aromatic nitrogens is 3. The molecule has 3 rings (SSSR count). The Morgan fingerprint density at radius 2 is 1.96 bits per heavy atom. The summed E-state index contributed by atoms with van der Waals surface area (Å²) in [5.74, 6) is 0. The summed E-state index contributed by atoms with van der Waals surface area (Å²) in [6.45, 7) is 1.81. The normalized spacial score (nSPS) is 10.7. The van der Waals surface area contributed by atoms with E-state index in [0.29, 0.717) is 22.8 Å². The van der Waals surface area contributed by atoms with E-state index in [1.54, 1.807) is 10.7 Å². The van der Waals surface area contributed by atoms with Gasteiger partial charge in [0, 0.05) is 18.8 Å². The minimum Gasteiger partial charge on any atom is -0.296 e. The fourth-order valence-electron chi connectivity index (χ4n) is 2.52. The lowest BCUT2D eigenvalue weighted by Gasteiger charge is -2.08. The maximum Gasteiger partial charge on any atom is 0.168 e. The van der Waals surface area contributed by atoms with Gasteiger partial charge >= 0.3 is 0 Å². The number of hydrogen-bond donors (Lipinski definition) is 0. The predicted octanol–water partition coefficient (Wildman–Crippen LogP) is 3.85. The van der Waals surface area contributed by atoms with Gasteiger partial charge in [-0.15, -0.1) is 0 Å². The lowest BCUT2D eigenvalue weighted by molar-refractivity contribution is 0.111. The zero-order chi connectivity index (χ0) is 16.4. The van der Waals surface area contributed by atoms with Crippen LogP contribution in [0.2, 0.25) is 5.02 Å². The monoisotopic (exact) mass is 325 g/mol. The van der Waals surface area contributed by atoms with Crippen molar-refractivity contribution in [3.8, 4) is 11.3 Å². The average molecular weight is 326 g/mol. The van der Waals surface area contributed by atoms with E-state index in [1.165, 1.54) is 0 Å². The van der Waals surface area contributed by atoms with Crippen molar-refractivity contribution >= 4 is 17.9 Å². The number of halogens is 1. The zero-order valence-corrected chi connectivity index (χ0v) is 13.7. The zero-order valence-electron chi connectivity index (χ0n) is 13.0. The average Bonchev–Trinajstić information content (AvgIpc) is 2.98. The summed E-state index contributed by atoms with van der Waals surface area (Å²) in [5.41, 5.74) is 5.13. The van der Waals surface area contributed by atoms with E-state index in [0.717, 1.165) is 28.7 Å². The molecule has 0 spiro atoms. The summed E-state index contributed by atoms with van der Waals surface area (Å²) >= 11 is 6.31. The van der Waals surface area contributed by atoms with Crippen molar-refractivity contribution in [2.24, 2.45) is 7.05 Å². The first-order chi connectivity index (χ1) is 11.1. The van der Waals surface area contributed by atoms with Crippen LogP contribution in [0.5, 0.6) is 0 Å². The molecule has 0 aliphatic heterocycles. The number of aldehydes is 1. The molecule has 0 bridgehead atoms. The smallest absolute Gasteiger partial charge is 0.168 e. The number of carbonyl (C=O) groups is 1. The van der Waals surface area contributed by atoms with Crippen LogP contribution in [0, 0.1) is 6.92 Å². The van der Waals surface area contributed by atoms with Gasteiger partial charge in [0.1, 0.15) is 5.69 Å². The van der Waals surface area contributed by atoms with Crippen LogP contribution < -0.4 is 0 Å². The molecule has 23 heavy (non-hydrogen) atoms. The lowest BCUT2D eigenvalue weighted by Crippen LogP contribution is -1.98. The Kier molecular flexibility index (Phi) is 4.26. The first-order valence-electron chi connectivity index (χ1n) is 7.27. The summed E-state index contributed by atoms with van der Waals surface area (Å²) in [5, 5.41) is 5.01. The van der Waals surface area contributed by atoms with Crippen molar-refractivity contribution in [3.63, 3.8) is 0 Å². The van der Waals surface area contributed by atoms with E-state index in [-0.39, 0.29) is 0 Å². The summed E-state index contributed by atoms with van der Waals surface area (Å²) < 4.78 is 1.78. The van der Waals surface area contributed by atoms with Crippen molar-refractivity contribution < 1.29 is 4.79 Å². The molecule has 5 heteroatoms. The fraction of sp³-hybridized carbons (Fsp3) is 0.167.